The summed E-state index contributed by atoms with van der Waals surface area (Å²) in [6, 6.07) is 0.407. The van der Waals surface area contributed by atoms with Crippen LogP contribution in [0.2, 0.25) is 0 Å². The molecule has 1 aliphatic rings. The molecule has 0 bridgehead atoms. The van der Waals surface area contributed by atoms with Gasteiger partial charge in [0.2, 0.25) is 0 Å². The van der Waals surface area contributed by atoms with Gasteiger partial charge in [0.05, 0.1) is 0 Å². The number of hydrogen-bond donors (Lipinski definition) is 1. The first-order valence-corrected chi connectivity index (χ1v) is 3.42. The lowest BCUT2D eigenvalue weighted by Gasteiger charge is -2.10. The van der Waals surface area contributed by atoms with Crippen LogP contribution in [0.25, 0.3) is 0 Å². The largest absolute Gasteiger partial charge is 0.326 e. The average Bonchev–Trinajstić information content (AvgIpc) is 2.17. The fraction of sp³-hybridized carbons (Fsp3) is 0.714. The molecule has 0 unspecified atom stereocenters. The Balaban J connectivity index is 2.21. The number of nitrogens with two attached hydrogens (primary N) is 1. The van der Waals surface area contributed by atoms with Crippen LogP contribution in [0.15, 0.2) is 12.7 Å². The molecule has 0 spiro atoms. The van der Waals surface area contributed by atoms with E-state index in [1.54, 1.807) is 0 Å². The molecular formula is C7H14N2. The van der Waals surface area contributed by atoms with Crippen LogP contribution in [0.4, 0.5) is 0 Å². The molecule has 2 nitrogen and oxygen atoms in total. The Kier molecular flexibility index (Phi) is 2.25. The maximum atomic E-state index is 5.68. The zero-order valence-electron chi connectivity index (χ0n) is 5.71. The molecule has 1 heterocycles. The van der Waals surface area contributed by atoms with Gasteiger partial charge in [0.15, 0.2) is 0 Å². The molecule has 1 rings (SSSR count). The predicted molar refractivity (Wildman–Crippen MR) is 39.2 cm³/mol. The zero-order chi connectivity index (χ0) is 6.69. The standard InChI is InChI=1S/C7H14N2/c1-2-4-9-5-3-7(8)6-9/h2,7H,1,3-6,8H2/t7-/m1/s1. The van der Waals surface area contributed by atoms with Gasteiger partial charge in [0.25, 0.3) is 0 Å². The van der Waals surface area contributed by atoms with Crippen LogP contribution in [0, 0.1) is 0 Å². The highest BCUT2D eigenvalue weighted by atomic mass is 15.2. The lowest BCUT2D eigenvalue weighted by molar-refractivity contribution is 0.372. The van der Waals surface area contributed by atoms with E-state index in [1.165, 1.54) is 0 Å². The van der Waals surface area contributed by atoms with Gasteiger partial charge in [-0.1, -0.05) is 6.08 Å². The van der Waals surface area contributed by atoms with Gasteiger partial charge in [0, 0.05) is 25.7 Å². The molecule has 52 valence electrons. The number of rotatable bonds is 2. The fourth-order valence-corrected chi connectivity index (χ4v) is 1.21. The van der Waals surface area contributed by atoms with Crippen LogP contribution in [-0.2, 0) is 0 Å². The third-order valence-electron chi connectivity index (χ3n) is 1.70. The molecule has 0 aromatic carbocycles. The van der Waals surface area contributed by atoms with E-state index in [0.717, 1.165) is 26.1 Å². The van der Waals surface area contributed by atoms with Crippen molar-refractivity contribution in [1.29, 1.82) is 0 Å². The van der Waals surface area contributed by atoms with Gasteiger partial charge in [0.1, 0.15) is 0 Å². The van der Waals surface area contributed by atoms with Crippen molar-refractivity contribution in [3.05, 3.63) is 12.7 Å². The molecule has 2 heteroatoms. The lowest BCUT2D eigenvalue weighted by atomic mass is 10.3. The van der Waals surface area contributed by atoms with Gasteiger partial charge in [-0.3, -0.25) is 4.90 Å². The van der Waals surface area contributed by atoms with Crippen LogP contribution < -0.4 is 5.73 Å². The Morgan fingerprint density at radius 1 is 1.78 bits per heavy atom. The van der Waals surface area contributed by atoms with E-state index in [4.69, 9.17) is 5.73 Å². The first-order valence-electron chi connectivity index (χ1n) is 3.42. The number of nitrogens with zero attached hydrogens (tertiary/aromatic N) is 1. The molecule has 1 atom stereocenters. The summed E-state index contributed by atoms with van der Waals surface area (Å²) in [5.41, 5.74) is 5.68. The summed E-state index contributed by atoms with van der Waals surface area (Å²) >= 11 is 0. The molecule has 0 aromatic rings. The van der Waals surface area contributed by atoms with Crippen LogP contribution >= 0.6 is 0 Å². The van der Waals surface area contributed by atoms with E-state index in [9.17, 15) is 0 Å². The summed E-state index contributed by atoms with van der Waals surface area (Å²) in [6.07, 6.45) is 3.08. The summed E-state index contributed by atoms with van der Waals surface area (Å²) in [4.78, 5) is 2.32. The maximum Gasteiger partial charge on any atom is 0.0180 e. The van der Waals surface area contributed by atoms with Crippen LogP contribution in [0.1, 0.15) is 6.42 Å². The van der Waals surface area contributed by atoms with Crippen LogP contribution in [-0.4, -0.2) is 30.6 Å². The quantitative estimate of drug-likeness (QED) is 0.536. The highest BCUT2D eigenvalue weighted by molar-refractivity contribution is 4.82. The van der Waals surface area contributed by atoms with Crippen LogP contribution in [0.3, 0.4) is 0 Å². The minimum absolute atomic E-state index is 0.407. The maximum absolute atomic E-state index is 5.68. The Morgan fingerprint density at radius 3 is 3.00 bits per heavy atom. The van der Waals surface area contributed by atoms with Gasteiger partial charge in [-0.15, -0.1) is 6.58 Å². The smallest absolute Gasteiger partial charge is 0.0180 e. The van der Waals surface area contributed by atoms with E-state index in [2.05, 4.69) is 11.5 Å². The first-order chi connectivity index (χ1) is 4.33. The second kappa shape index (κ2) is 2.99. The summed E-state index contributed by atoms with van der Waals surface area (Å²) in [7, 11) is 0. The Morgan fingerprint density at radius 2 is 2.56 bits per heavy atom. The fourth-order valence-electron chi connectivity index (χ4n) is 1.21. The first kappa shape index (κ1) is 6.78. The molecule has 9 heavy (non-hydrogen) atoms. The van der Waals surface area contributed by atoms with Crippen molar-refractivity contribution in [2.45, 2.75) is 12.5 Å². The van der Waals surface area contributed by atoms with Gasteiger partial charge < -0.3 is 5.73 Å². The molecule has 0 aromatic heterocycles. The molecule has 1 aliphatic heterocycles. The van der Waals surface area contributed by atoms with Crippen molar-refractivity contribution < 1.29 is 0 Å². The minimum Gasteiger partial charge on any atom is -0.326 e. The zero-order valence-corrected chi connectivity index (χ0v) is 5.71. The Labute approximate surface area is 56.3 Å². The third-order valence-corrected chi connectivity index (χ3v) is 1.70. The second-order valence-electron chi connectivity index (χ2n) is 2.60. The highest BCUT2D eigenvalue weighted by Gasteiger charge is 2.16. The van der Waals surface area contributed by atoms with Crippen molar-refractivity contribution in [3.63, 3.8) is 0 Å². The van der Waals surface area contributed by atoms with Gasteiger partial charge in [-0.25, -0.2) is 0 Å². The van der Waals surface area contributed by atoms with E-state index in [-0.39, 0.29) is 0 Å². The second-order valence-corrected chi connectivity index (χ2v) is 2.60. The van der Waals surface area contributed by atoms with E-state index in [0.29, 0.717) is 6.04 Å². The highest BCUT2D eigenvalue weighted by Crippen LogP contribution is 2.05. The molecule has 2 N–H and O–H groups in total. The van der Waals surface area contributed by atoms with Crippen molar-refractivity contribution in [1.82, 2.24) is 4.90 Å². The summed E-state index contributed by atoms with van der Waals surface area (Å²) in [5.74, 6) is 0. The minimum atomic E-state index is 0.407. The molecule has 0 saturated carbocycles. The van der Waals surface area contributed by atoms with E-state index < -0.39 is 0 Å². The third kappa shape index (κ3) is 1.80. The summed E-state index contributed by atoms with van der Waals surface area (Å²) in [6.45, 7) is 6.85. The van der Waals surface area contributed by atoms with E-state index in [1.807, 2.05) is 6.08 Å². The van der Waals surface area contributed by atoms with E-state index >= 15 is 0 Å². The predicted octanol–water partition coefficient (Wildman–Crippen LogP) is 0.205. The van der Waals surface area contributed by atoms with Crippen molar-refractivity contribution >= 4 is 0 Å². The lowest BCUT2D eigenvalue weighted by Crippen LogP contribution is -2.26. The average molecular weight is 126 g/mol. The summed E-state index contributed by atoms with van der Waals surface area (Å²) in [5, 5.41) is 0. The van der Waals surface area contributed by atoms with Crippen LogP contribution in [0.5, 0.6) is 0 Å². The number of likely N-dealkylation sites (tertiary alicyclic amines) is 1. The van der Waals surface area contributed by atoms with Crippen molar-refractivity contribution in [2.24, 2.45) is 5.73 Å². The number of hydrogen-bond acceptors (Lipinski definition) is 2. The van der Waals surface area contributed by atoms with Crippen molar-refractivity contribution in [2.75, 3.05) is 19.6 Å². The topological polar surface area (TPSA) is 29.3 Å². The van der Waals surface area contributed by atoms with Gasteiger partial charge in [-0.05, 0) is 6.42 Å². The SMILES string of the molecule is C=CCN1CC[C@@H](N)C1. The monoisotopic (exact) mass is 126 g/mol. The Hall–Kier alpha value is -0.340. The van der Waals surface area contributed by atoms with Crippen molar-refractivity contribution in [3.8, 4) is 0 Å². The molecule has 0 amide bonds. The molecule has 0 aliphatic carbocycles. The summed E-state index contributed by atoms with van der Waals surface area (Å²) < 4.78 is 0. The van der Waals surface area contributed by atoms with Gasteiger partial charge >= 0.3 is 0 Å². The normalized spacial score (nSPS) is 28.8. The molecule has 1 fully saturated rings. The Bertz CT molecular complexity index is 101. The molecular weight excluding hydrogens is 112 g/mol. The molecule has 0 radical (unpaired) electrons. The van der Waals surface area contributed by atoms with Gasteiger partial charge in [-0.2, -0.15) is 0 Å². The molecule has 1 saturated heterocycles.